The number of anilines is 2. The molecule has 3 aliphatic rings. The Balaban J connectivity index is 1.62. The summed E-state index contributed by atoms with van der Waals surface area (Å²) in [6.07, 6.45) is 3.90. The summed E-state index contributed by atoms with van der Waals surface area (Å²) in [5.41, 5.74) is 1.06. The lowest BCUT2D eigenvalue weighted by Gasteiger charge is -2.46. The third-order valence-corrected chi connectivity index (χ3v) is 7.35. The summed E-state index contributed by atoms with van der Waals surface area (Å²) < 4.78 is 0. The number of carbonyl (C=O) groups excluding carboxylic acids is 1. The number of hydrogen-bond acceptors (Lipinski definition) is 4. The summed E-state index contributed by atoms with van der Waals surface area (Å²) in [7, 11) is 0. The Labute approximate surface area is 151 Å². The van der Waals surface area contributed by atoms with E-state index in [1.165, 1.54) is 4.90 Å². The highest BCUT2D eigenvalue weighted by Crippen LogP contribution is 2.60. The molecular weight excluding hydrogens is 332 g/mol. The lowest BCUT2D eigenvalue weighted by molar-refractivity contribution is -0.142. The van der Waals surface area contributed by atoms with E-state index >= 15 is 0 Å². The second-order valence-corrected chi connectivity index (χ2v) is 8.55. The van der Waals surface area contributed by atoms with Gasteiger partial charge in [0, 0.05) is 27.8 Å². The Morgan fingerprint density at radius 3 is 2.64 bits per heavy atom. The number of fused-ring (bicyclic) bond motifs is 2. The molecule has 4 nitrogen and oxygen atoms in total. The van der Waals surface area contributed by atoms with Gasteiger partial charge in [0.05, 0.1) is 4.87 Å². The zero-order valence-corrected chi connectivity index (χ0v) is 14.6. The fourth-order valence-corrected chi connectivity index (χ4v) is 6.29. The van der Waals surface area contributed by atoms with Crippen molar-refractivity contribution >= 4 is 29.0 Å². The van der Waals surface area contributed by atoms with Crippen LogP contribution in [0.5, 0.6) is 0 Å². The SMILES string of the molecule is O=C1Nc2ccccc2C1(O)C1CCCCC12Nc1ccccc1S2. The minimum absolute atomic E-state index is 0.185. The minimum atomic E-state index is -1.49. The van der Waals surface area contributed by atoms with Crippen molar-refractivity contribution in [1.29, 1.82) is 0 Å². The van der Waals surface area contributed by atoms with E-state index in [1.807, 2.05) is 36.4 Å². The van der Waals surface area contributed by atoms with Gasteiger partial charge in [-0.15, -0.1) is 0 Å². The number of thioether (sulfide) groups is 1. The Hall–Kier alpha value is -1.98. The van der Waals surface area contributed by atoms with Gasteiger partial charge in [0.1, 0.15) is 0 Å². The Bertz CT molecular complexity index is 843. The molecule has 2 aromatic rings. The van der Waals surface area contributed by atoms with Gasteiger partial charge in [-0.05, 0) is 31.0 Å². The fourth-order valence-electron chi connectivity index (χ4n) is 4.68. The highest BCUT2D eigenvalue weighted by molar-refractivity contribution is 8.01. The number of rotatable bonds is 1. The maximum Gasteiger partial charge on any atom is 0.261 e. The Morgan fingerprint density at radius 1 is 1.04 bits per heavy atom. The van der Waals surface area contributed by atoms with Crippen molar-refractivity contribution in [2.24, 2.45) is 5.92 Å². The molecule has 5 rings (SSSR count). The molecule has 3 unspecified atom stereocenters. The van der Waals surface area contributed by atoms with Crippen LogP contribution in [0.2, 0.25) is 0 Å². The molecule has 0 bridgehead atoms. The summed E-state index contributed by atoms with van der Waals surface area (Å²) in [5.74, 6) is -0.479. The van der Waals surface area contributed by atoms with E-state index in [4.69, 9.17) is 0 Å². The van der Waals surface area contributed by atoms with E-state index in [0.29, 0.717) is 5.56 Å². The second kappa shape index (κ2) is 5.26. The molecule has 128 valence electrons. The van der Waals surface area contributed by atoms with Gasteiger partial charge < -0.3 is 15.7 Å². The lowest BCUT2D eigenvalue weighted by Crippen LogP contribution is -2.55. The topological polar surface area (TPSA) is 61.4 Å². The number of amides is 1. The van der Waals surface area contributed by atoms with Crippen LogP contribution in [-0.4, -0.2) is 15.9 Å². The van der Waals surface area contributed by atoms with E-state index in [0.717, 1.165) is 37.1 Å². The van der Waals surface area contributed by atoms with E-state index in [2.05, 4.69) is 22.8 Å². The highest BCUT2D eigenvalue weighted by atomic mass is 32.2. The third-order valence-electron chi connectivity index (χ3n) is 5.82. The van der Waals surface area contributed by atoms with Gasteiger partial charge in [-0.2, -0.15) is 0 Å². The maximum atomic E-state index is 12.9. The number of benzene rings is 2. The third kappa shape index (κ3) is 2.02. The number of para-hydroxylation sites is 2. The first-order chi connectivity index (χ1) is 12.1. The van der Waals surface area contributed by atoms with Gasteiger partial charge in [0.15, 0.2) is 5.60 Å². The minimum Gasteiger partial charge on any atom is -0.375 e. The summed E-state index contributed by atoms with van der Waals surface area (Å²) in [6.45, 7) is 0. The molecule has 3 N–H and O–H groups in total. The molecule has 1 spiro atoms. The van der Waals surface area contributed by atoms with Crippen molar-refractivity contribution in [3.05, 3.63) is 54.1 Å². The zero-order valence-electron chi connectivity index (χ0n) is 13.8. The molecule has 0 radical (unpaired) electrons. The quantitative estimate of drug-likeness (QED) is 0.728. The van der Waals surface area contributed by atoms with Crippen LogP contribution >= 0.6 is 11.8 Å². The predicted octanol–water partition coefficient (Wildman–Crippen LogP) is 3.93. The van der Waals surface area contributed by atoms with E-state index < -0.39 is 5.60 Å². The fraction of sp³-hybridized carbons (Fsp3) is 0.350. The second-order valence-electron chi connectivity index (χ2n) is 7.18. The summed E-state index contributed by atoms with van der Waals surface area (Å²) >= 11 is 1.78. The van der Waals surface area contributed by atoms with Gasteiger partial charge in [-0.3, -0.25) is 4.79 Å². The summed E-state index contributed by atoms with van der Waals surface area (Å²) in [6, 6.07) is 15.8. The largest absolute Gasteiger partial charge is 0.375 e. The van der Waals surface area contributed by atoms with Gasteiger partial charge in [-0.1, -0.05) is 54.9 Å². The first-order valence-corrected chi connectivity index (χ1v) is 9.65. The van der Waals surface area contributed by atoms with Crippen LogP contribution < -0.4 is 10.6 Å². The van der Waals surface area contributed by atoms with Crippen LogP contribution in [0.3, 0.4) is 0 Å². The van der Waals surface area contributed by atoms with Crippen LogP contribution in [0, 0.1) is 5.92 Å². The van der Waals surface area contributed by atoms with Crippen LogP contribution in [0.15, 0.2) is 53.4 Å². The van der Waals surface area contributed by atoms with Crippen molar-refractivity contribution in [2.45, 2.75) is 41.1 Å². The molecule has 1 aliphatic carbocycles. The molecule has 1 fully saturated rings. The van der Waals surface area contributed by atoms with Gasteiger partial charge in [0.25, 0.3) is 5.91 Å². The van der Waals surface area contributed by atoms with Crippen LogP contribution in [-0.2, 0) is 10.4 Å². The van der Waals surface area contributed by atoms with Crippen molar-refractivity contribution < 1.29 is 9.90 Å². The van der Waals surface area contributed by atoms with Gasteiger partial charge in [-0.25, -0.2) is 0 Å². The summed E-state index contributed by atoms with van der Waals surface area (Å²) in [5, 5.41) is 18.2. The highest BCUT2D eigenvalue weighted by Gasteiger charge is 2.60. The molecule has 2 aromatic carbocycles. The van der Waals surface area contributed by atoms with Crippen molar-refractivity contribution in [2.75, 3.05) is 10.6 Å². The molecule has 3 atom stereocenters. The number of carbonyl (C=O) groups is 1. The molecule has 25 heavy (non-hydrogen) atoms. The van der Waals surface area contributed by atoms with E-state index in [9.17, 15) is 9.90 Å². The molecule has 0 aromatic heterocycles. The Kier molecular flexibility index (Phi) is 3.21. The monoisotopic (exact) mass is 352 g/mol. The van der Waals surface area contributed by atoms with Crippen LogP contribution in [0.25, 0.3) is 0 Å². The lowest BCUT2D eigenvalue weighted by atomic mass is 9.70. The molecule has 1 amide bonds. The van der Waals surface area contributed by atoms with Crippen molar-refractivity contribution in [1.82, 2.24) is 0 Å². The summed E-state index contributed by atoms with van der Waals surface area (Å²) in [4.78, 5) is 13.7. The first-order valence-electron chi connectivity index (χ1n) is 8.83. The van der Waals surface area contributed by atoms with Crippen LogP contribution in [0.1, 0.15) is 31.2 Å². The molecule has 1 saturated carbocycles. The van der Waals surface area contributed by atoms with E-state index in [1.54, 1.807) is 11.8 Å². The molecule has 5 heteroatoms. The normalized spacial score (nSPS) is 32.8. The number of nitrogens with one attached hydrogen (secondary N) is 2. The molecule has 2 heterocycles. The molecule has 2 aliphatic heterocycles. The number of hydrogen-bond donors (Lipinski definition) is 3. The van der Waals surface area contributed by atoms with E-state index in [-0.39, 0.29) is 16.7 Å². The number of aliphatic hydroxyl groups is 1. The standard InChI is InChI=1S/C20H20N2O2S/c23-18-20(24,13-7-1-2-8-14(13)21-18)17-11-5-6-12-19(17)22-15-9-3-4-10-16(15)25-19/h1-4,7-10,17,22,24H,5-6,11-12H2,(H,21,23). The van der Waals surface area contributed by atoms with Crippen molar-refractivity contribution in [3.8, 4) is 0 Å². The zero-order chi connectivity index (χ0) is 17.1. The smallest absolute Gasteiger partial charge is 0.261 e. The van der Waals surface area contributed by atoms with Crippen LogP contribution in [0.4, 0.5) is 11.4 Å². The van der Waals surface area contributed by atoms with Crippen molar-refractivity contribution in [3.63, 3.8) is 0 Å². The first kappa shape index (κ1) is 15.3. The van der Waals surface area contributed by atoms with Gasteiger partial charge >= 0.3 is 0 Å². The molecule has 0 saturated heterocycles. The molecular formula is C20H20N2O2S. The Morgan fingerprint density at radius 2 is 1.80 bits per heavy atom. The average molecular weight is 352 g/mol. The average Bonchev–Trinajstić information content (AvgIpc) is 3.11. The maximum absolute atomic E-state index is 12.9. The predicted molar refractivity (Wildman–Crippen MR) is 99.6 cm³/mol. The van der Waals surface area contributed by atoms with Gasteiger partial charge in [0.2, 0.25) is 0 Å².